The summed E-state index contributed by atoms with van der Waals surface area (Å²) in [5, 5.41) is 9.96. The van der Waals surface area contributed by atoms with Crippen LogP contribution in [0.1, 0.15) is 26.3 Å². The van der Waals surface area contributed by atoms with Crippen LogP contribution in [0.4, 0.5) is 0 Å². The van der Waals surface area contributed by atoms with Crippen LogP contribution in [-0.2, 0) is 16.4 Å². The van der Waals surface area contributed by atoms with Crippen LogP contribution in [0.15, 0.2) is 30.3 Å². The zero-order valence-corrected chi connectivity index (χ0v) is 13.4. The molecule has 0 bridgehead atoms. The number of hydrogen-bond acceptors (Lipinski definition) is 4. The van der Waals surface area contributed by atoms with Gasteiger partial charge < -0.3 is 5.11 Å². The molecule has 1 aromatic carbocycles. The molecule has 0 heterocycles. The second-order valence-electron chi connectivity index (χ2n) is 5.75. The molecular weight excluding hydrogens is 274 g/mol. The van der Waals surface area contributed by atoms with Gasteiger partial charge in [0.2, 0.25) is 0 Å². The van der Waals surface area contributed by atoms with Gasteiger partial charge in [0.05, 0.1) is 11.4 Å². The number of benzene rings is 1. The van der Waals surface area contributed by atoms with E-state index in [-0.39, 0.29) is 11.5 Å². The van der Waals surface area contributed by atoms with Crippen LogP contribution >= 0.6 is 0 Å². The van der Waals surface area contributed by atoms with E-state index in [0.29, 0.717) is 19.6 Å². The molecular formula is C15H25NO3S. The summed E-state index contributed by atoms with van der Waals surface area (Å²) >= 11 is 0. The highest BCUT2D eigenvalue weighted by molar-refractivity contribution is 7.91. The Balaban J connectivity index is 2.70. The Kier molecular flexibility index (Phi) is 6.17. The molecule has 0 aromatic heterocycles. The zero-order chi connectivity index (χ0) is 15.2. The van der Waals surface area contributed by atoms with Crippen molar-refractivity contribution in [3.05, 3.63) is 35.9 Å². The third kappa shape index (κ3) is 7.03. The molecule has 4 nitrogen and oxygen atoms in total. The molecule has 114 valence electrons. The summed E-state index contributed by atoms with van der Waals surface area (Å²) in [7, 11) is -2.99. The minimum atomic E-state index is -2.99. The summed E-state index contributed by atoms with van der Waals surface area (Å²) in [6.07, 6.45) is 0. The van der Waals surface area contributed by atoms with Crippen LogP contribution in [-0.4, -0.2) is 48.6 Å². The highest BCUT2D eigenvalue weighted by atomic mass is 32.2. The number of rotatable bonds is 8. The lowest BCUT2D eigenvalue weighted by atomic mass is 10.1. The van der Waals surface area contributed by atoms with Crippen LogP contribution in [0.5, 0.6) is 0 Å². The molecule has 0 radical (unpaired) electrons. The molecule has 1 N–H and O–H groups in total. The first kappa shape index (κ1) is 17.1. The lowest BCUT2D eigenvalue weighted by Crippen LogP contribution is -2.40. The Labute approximate surface area is 122 Å². The number of hydrogen-bond donors (Lipinski definition) is 1. The fourth-order valence-corrected chi connectivity index (χ4v) is 2.84. The van der Waals surface area contributed by atoms with Crippen molar-refractivity contribution in [1.29, 1.82) is 0 Å². The maximum atomic E-state index is 11.6. The predicted octanol–water partition coefficient (Wildman–Crippen LogP) is 1.69. The van der Waals surface area contributed by atoms with Gasteiger partial charge in [-0.25, -0.2) is 8.42 Å². The van der Waals surface area contributed by atoms with E-state index >= 15 is 0 Å². The molecule has 0 aliphatic rings. The van der Waals surface area contributed by atoms with Gasteiger partial charge in [-0.05, 0) is 19.4 Å². The Morgan fingerprint density at radius 1 is 1.20 bits per heavy atom. The SMILES string of the molecule is CCS(=O)(=O)CCN(Cc1ccccc1)CC(C)(C)O. The monoisotopic (exact) mass is 299 g/mol. The van der Waals surface area contributed by atoms with Gasteiger partial charge >= 0.3 is 0 Å². The number of aliphatic hydroxyl groups is 1. The minimum Gasteiger partial charge on any atom is -0.389 e. The molecule has 1 aromatic rings. The van der Waals surface area contributed by atoms with Crippen LogP contribution in [0, 0.1) is 0 Å². The van der Waals surface area contributed by atoms with Crippen molar-refractivity contribution in [3.63, 3.8) is 0 Å². The molecule has 0 fully saturated rings. The minimum absolute atomic E-state index is 0.131. The van der Waals surface area contributed by atoms with Gasteiger partial charge in [-0.15, -0.1) is 0 Å². The number of sulfone groups is 1. The van der Waals surface area contributed by atoms with Crippen molar-refractivity contribution >= 4 is 9.84 Å². The molecule has 20 heavy (non-hydrogen) atoms. The third-order valence-electron chi connectivity index (χ3n) is 3.02. The maximum Gasteiger partial charge on any atom is 0.151 e. The lowest BCUT2D eigenvalue weighted by Gasteiger charge is -2.29. The standard InChI is InChI=1S/C15H25NO3S/c1-4-20(18,19)11-10-16(13-15(2,3)17)12-14-8-6-5-7-9-14/h5-9,17H,4,10-13H2,1-3H3. The first-order valence-corrected chi connectivity index (χ1v) is 8.73. The van der Waals surface area contributed by atoms with E-state index in [0.717, 1.165) is 5.56 Å². The molecule has 0 spiro atoms. The zero-order valence-electron chi connectivity index (χ0n) is 12.5. The van der Waals surface area contributed by atoms with E-state index in [2.05, 4.69) is 0 Å². The van der Waals surface area contributed by atoms with Crippen LogP contribution in [0.2, 0.25) is 0 Å². The first-order chi connectivity index (χ1) is 9.22. The summed E-state index contributed by atoms with van der Waals surface area (Å²) in [4.78, 5) is 1.99. The van der Waals surface area contributed by atoms with Crippen molar-refractivity contribution in [3.8, 4) is 0 Å². The van der Waals surface area contributed by atoms with E-state index in [1.54, 1.807) is 20.8 Å². The van der Waals surface area contributed by atoms with Gasteiger partial charge in [-0.3, -0.25) is 4.90 Å². The van der Waals surface area contributed by atoms with Gasteiger partial charge in [0.25, 0.3) is 0 Å². The smallest absolute Gasteiger partial charge is 0.151 e. The second-order valence-corrected chi connectivity index (χ2v) is 8.22. The second kappa shape index (κ2) is 7.20. The molecule has 1 rings (SSSR count). The fraction of sp³-hybridized carbons (Fsp3) is 0.600. The highest BCUT2D eigenvalue weighted by Gasteiger charge is 2.20. The van der Waals surface area contributed by atoms with Crippen LogP contribution in [0.25, 0.3) is 0 Å². The Bertz CT molecular complexity index is 492. The summed E-state index contributed by atoms with van der Waals surface area (Å²) in [6.45, 7) is 6.66. The first-order valence-electron chi connectivity index (χ1n) is 6.91. The molecule has 0 amide bonds. The average Bonchev–Trinajstić information content (AvgIpc) is 2.36. The Morgan fingerprint density at radius 2 is 1.80 bits per heavy atom. The Hall–Kier alpha value is -0.910. The normalized spacial score (nSPS) is 12.8. The Morgan fingerprint density at radius 3 is 2.30 bits per heavy atom. The summed E-state index contributed by atoms with van der Waals surface area (Å²) in [5.74, 6) is 0.293. The molecule has 0 saturated heterocycles. The lowest BCUT2D eigenvalue weighted by molar-refractivity contribution is 0.0356. The molecule has 0 aliphatic carbocycles. The van der Waals surface area contributed by atoms with Crippen LogP contribution in [0.3, 0.4) is 0 Å². The van der Waals surface area contributed by atoms with E-state index in [1.807, 2.05) is 35.2 Å². The van der Waals surface area contributed by atoms with Crippen molar-refractivity contribution in [2.24, 2.45) is 0 Å². The fourth-order valence-electron chi connectivity index (χ4n) is 2.02. The maximum absolute atomic E-state index is 11.6. The molecule has 0 saturated carbocycles. The van der Waals surface area contributed by atoms with Crippen molar-refractivity contribution < 1.29 is 13.5 Å². The van der Waals surface area contributed by atoms with E-state index in [4.69, 9.17) is 0 Å². The van der Waals surface area contributed by atoms with Crippen LogP contribution < -0.4 is 0 Å². The van der Waals surface area contributed by atoms with Crippen molar-refractivity contribution in [1.82, 2.24) is 4.90 Å². The van der Waals surface area contributed by atoms with E-state index < -0.39 is 15.4 Å². The highest BCUT2D eigenvalue weighted by Crippen LogP contribution is 2.10. The van der Waals surface area contributed by atoms with Crippen molar-refractivity contribution in [2.45, 2.75) is 32.9 Å². The van der Waals surface area contributed by atoms with Crippen molar-refractivity contribution in [2.75, 3.05) is 24.6 Å². The summed E-state index contributed by atoms with van der Waals surface area (Å²) < 4.78 is 23.3. The van der Waals surface area contributed by atoms with Gasteiger partial charge in [0.15, 0.2) is 9.84 Å². The average molecular weight is 299 g/mol. The predicted molar refractivity (Wildman–Crippen MR) is 82.3 cm³/mol. The summed E-state index contributed by atoms with van der Waals surface area (Å²) in [6, 6.07) is 9.88. The third-order valence-corrected chi connectivity index (χ3v) is 4.70. The van der Waals surface area contributed by atoms with Gasteiger partial charge in [-0.1, -0.05) is 37.3 Å². The van der Waals surface area contributed by atoms with E-state index in [1.165, 1.54) is 0 Å². The summed E-state index contributed by atoms with van der Waals surface area (Å²) in [5.41, 5.74) is 0.274. The van der Waals surface area contributed by atoms with E-state index in [9.17, 15) is 13.5 Å². The quantitative estimate of drug-likeness (QED) is 0.794. The molecule has 0 unspecified atom stereocenters. The van der Waals surface area contributed by atoms with Gasteiger partial charge in [0.1, 0.15) is 0 Å². The molecule has 0 atom stereocenters. The van der Waals surface area contributed by atoms with Gasteiger partial charge in [0, 0.05) is 25.4 Å². The topological polar surface area (TPSA) is 57.6 Å². The largest absolute Gasteiger partial charge is 0.389 e. The molecule has 0 aliphatic heterocycles. The number of nitrogens with zero attached hydrogens (tertiary/aromatic N) is 1. The molecule has 5 heteroatoms. The van der Waals surface area contributed by atoms with Gasteiger partial charge in [-0.2, -0.15) is 0 Å².